The molecule has 1 rings (SSSR count). The van der Waals surface area contributed by atoms with E-state index in [1.54, 1.807) is 0 Å². The Kier molecular flexibility index (Phi) is 3.96. The molecule has 1 N–H and O–H groups in total. The van der Waals surface area contributed by atoms with Gasteiger partial charge in [-0.1, -0.05) is 13.8 Å². The Labute approximate surface area is 92.7 Å². The molecule has 1 amide bonds. The van der Waals surface area contributed by atoms with Crippen LogP contribution in [0.3, 0.4) is 0 Å². The zero-order valence-electron chi connectivity index (χ0n) is 9.03. The lowest BCUT2D eigenvalue weighted by Crippen LogP contribution is -2.31. The highest BCUT2D eigenvalue weighted by Crippen LogP contribution is 2.10. The number of ketones is 1. The molecule has 82 valence electrons. The monoisotopic (exact) mass is 226 g/mol. The summed E-state index contributed by atoms with van der Waals surface area (Å²) in [5, 5.41) is 3.42. The van der Waals surface area contributed by atoms with E-state index in [-0.39, 0.29) is 24.2 Å². The van der Waals surface area contributed by atoms with Gasteiger partial charge in [-0.05, 0) is 6.92 Å². The van der Waals surface area contributed by atoms with Gasteiger partial charge in [0.25, 0.3) is 5.91 Å². The fourth-order valence-corrected chi connectivity index (χ4v) is 1.62. The number of aryl methyl sites for hydroxylation is 1. The lowest BCUT2D eigenvalue weighted by molar-refractivity contribution is -0.120. The molecule has 0 aromatic carbocycles. The van der Waals surface area contributed by atoms with Crippen molar-refractivity contribution in [2.24, 2.45) is 5.92 Å². The fraction of sp³-hybridized carbons (Fsp3) is 0.500. The molecule has 1 aromatic rings. The molecule has 0 aliphatic rings. The van der Waals surface area contributed by atoms with Gasteiger partial charge in [0.2, 0.25) is 0 Å². The Morgan fingerprint density at radius 2 is 2.20 bits per heavy atom. The minimum atomic E-state index is -0.227. The molecule has 0 bridgehead atoms. The number of amides is 1. The maximum atomic E-state index is 11.5. The molecule has 0 spiro atoms. The van der Waals surface area contributed by atoms with Gasteiger partial charge in [0.15, 0.2) is 5.78 Å². The molecule has 0 radical (unpaired) electrons. The van der Waals surface area contributed by atoms with Crippen LogP contribution in [-0.2, 0) is 4.79 Å². The summed E-state index contributed by atoms with van der Waals surface area (Å²) in [6.45, 7) is 5.55. The van der Waals surface area contributed by atoms with E-state index in [4.69, 9.17) is 0 Å². The summed E-state index contributed by atoms with van der Waals surface area (Å²) in [7, 11) is 0. The summed E-state index contributed by atoms with van der Waals surface area (Å²) in [5.74, 6) is -0.243. The fourth-order valence-electron chi connectivity index (χ4n) is 0.925. The average molecular weight is 226 g/mol. The van der Waals surface area contributed by atoms with Crippen molar-refractivity contribution in [3.63, 3.8) is 0 Å². The average Bonchev–Trinajstić information content (AvgIpc) is 2.60. The molecule has 0 atom stereocenters. The van der Waals surface area contributed by atoms with Gasteiger partial charge in [0.1, 0.15) is 4.88 Å². The predicted octanol–water partition coefficient (Wildman–Crippen LogP) is 1.41. The molecule has 1 aromatic heterocycles. The van der Waals surface area contributed by atoms with Gasteiger partial charge >= 0.3 is 0 Å². The van der Waals surface area contributed by atoms with Crippen molar-refractivity contribution in [2.45, 2.75) is 20.8 Å². The minimum Gasteiger partial charge on any atom is -0.344 e. The second kappa shape index (κ2) is 5.02. The SMILES string of the molecule is Cc1ncc(C(=O)NCC(=O)C(C)C)s1. The van der Waals surface area contributed by atoms with Crippen LogP contribution in [0.25, 0.3) is 0 Å². The molecule has 0 saturated carbocycles. The Bertz CT molecular complexity index is 371. The highest BCUT2D eigenvalue weighted by molar-refractivity contribution is 7.13. The quantitative estimate of drug-likeness (QED) is 0.844. The number of hydrogen-bond acceptors (Lipinski definition) is 4. The summed E-state index contributed by atoms with van der Waals surface area (Å²) < 4.78 is 0. The second-order valence-electron chi connectivity index (χ2n) is 3.55. The van der Waals surface area contributed by atoms with Crippen molar-refractivity contribution in [1.29, 1.82) is 0 Å². The van der Waals surface area contributed by atoms with Crippen LogP contribution in [0.1, 0.15) is 28.5 Å². The summed E-state index contributed by atoms with van der Waals surface area (Å²) in [4.78, 5) is 27.3. The van der Waals surface area contributed by atoms with E-state index in [9.17, 15) is 9.59 Å². The number of thiazole rings is 1. The van der Waals surface area contributed by atoms with Crippen LogP contribution in [0.15, 0.2) is 6.20 Å². The van der Waals surface area contributed by atoms with Crippen molar-refractivity contribution in [3.05, 3.63) is 16.1 Å². The summed E-state index contributed by atoms with van der Waals surface area (Å²) in [5.41, 5.74) is 0. The molecular weight excluding hydrogens is 212 g/mol. The number of aromatic nitrogens is 1. The minimum absolute atomic E-state index is 0.0320. The standard InChI is InChI=1S/C10H14N2O2S/c1-6(2)8(13)4-12-10(14)9-5-11-7(3)15-9/h5-6H,4H2,1-3H3,(H,12,14). The molecule has 1 heterocycles. The van der Waals surface area contributed by atoms with E-state index in [1.807, 2.05) is 20.8 Å². The zero-order valence-corrected chi connectivity index (χ0v) is 9.85. The Morgan fingerprint density at radius 3 is 2.67 bits per heavy atom. The number of carbonyl (C=O) groups excluding carboxylic acids is 2. The van der Waals surface area contributed by atoms with E-state index >= 15 is 0 Å². The van der Waals surface area contributed by atoms with Crippen molar-refractivity contribution in [1.82, 2.24) is 10.3 Å². The van der Waals surface area contributed by atoms with Gasteiger partial charge in [-0.2, -0.15) is 0 Å². The Balaban J connectivity index is 2.47. The molecule has 0 unspecified atom stereocenters. The molecule has 0 fully saturated rings. The lowest BCUT2D eigenvalue weighted by atomic mass is 10.1. The molecule has 0 aliphatic heterocycles. The molecule has 0 saturated heterocycles. The number of rotatable bonds is 4. The van der Waals surface area contributed by atoms with Crippen LogP contribution >= 0.6 is 11.3 Å². The number of nitrogens with one attached hydrogen (secondary N) is 1. The van der Waals surface area contributed by atoms with Gasteiger partial charge < -0.3 is 5.32 Å². The van der Waals surface area contributed by atoms with E-state index in [2.05, 4.69) is 10.3 Å². The third-order valence-corrected chi connectivity index (χ3v) is 2.82. The summed E-state index contributed by atoms with van der Waals surface area (Å²) >= 11 is 1.32. The summed E-state index contributed by atoms with van der Waals surface area (Å²) in [6, 6.07) is 0. The van der Waals surface area contributed by atoms with Crippen molar-refractivity contribution < 1.29 is 9.59 Å². The van der Waals surface area contributed by atoms with Crippen LogP contribution in [0, 0.1) is 12.8 Å². The van der Waals surface area contributed by atoms with Crippen LogP contribution in [0.5, 0.6) is 0 Å². The van der Waals surface area contributed by atoms with Gasteiger partial charge in [-0.3, -0.25) is 9.59 Å². The molecule has 4 nitrogen and oxygen atoms in total. The lowest BCUT2D eigenvalue weighted by Gasteiger charge is -2.04. The van der Waals surface area contributed by atoms with Crippen molar-refractivity contribution >= 4 is 23.0 Å². The molecular formula is C10H14N2O2S. The van der Waals surface area contributed by atoms with E-state index in [0.29, 0.717) is 4.88 Å². The first-order chi connectivity index (χ1) is 7.00. The molecule has 5 heteroatoms. The number of nitrogens with zero attached hydrogens (tertiary/aromatic N) is 1. The number of carbonyl (C=O) groups is 2. The third-order valence-electron chi connectivity index (χ3n) is 1.91. The predicted molar refractivity (Wildman–Crippen MR) is 59.0 cm³/mol. The normalized spacial score (nSPS) is 10.4. The first-order valence-electron chi connectivity index (χ1n) is 4.74. The van der Waals surface area contributed by atoms with Crippen LogP contribution in [0.4, 0.5) is 0 Å². The van der Waals surface area contributed by atoms with Crippen LogP contribution < -0.4 is 5.32 Å². The highest BCUT2D eigenvalue weighted by Gasteiger charge is 2.12. The smallest absolute Gasteiger partial charge is 0.263 e. The third kappa shape index (κ3) is 3.43. The van der Waals surface area contributed by atoms with Gasteiger partial charge in [0.05, 0.1) is 17.7 Å². The molecule has 15 heavy (non-hydrogen) atoms. The van der Waals surface area contributed by atoms with Crippen LogP contribution in [0.2, 0.25) is 0 Å². The maximum absolute atomic E-state index is 11.5. The molecule has 0 aliphatic carbocycles. The Morgan fingerprint density at radius 1 is 1.53 bits per heavy atom. The van der Waals surface area contributed by atoms with Crippen LogP contribution in [-0.4, -0.2) is 23.2 Å². The zero-order chi connectivity index (χ0) is 11.4. The van der Waals surface area contributed by atoms with E-state index in [1.165, 1.54) is 17.5 Å². The first-order valence-corrected chi connectivity index (χ1v) is 5.55. The topological polar surface area (TPSA) is 59.1 Å². The van der Waals surface area contributed by atoms with E-state index < -0.39 is 0 Å². The highest BCUT2D eigenvalue weighted by atomic mass is 32.1. The number of Topliss-reactive ketones (excluding diaryl/α,β-unsaturated/α-hetero) is 1. The number of hydrogen-bond donors (Lipinski definition) is 1. The van der Waals surface area contributed by atoms with Crippen molar-refractivity contribution in [3.8, 4) is 0 Å². The maximum Gasteiger partial charge on any atom is 0.263 e. The van der Waals surface area contributed by atoms with Gasteiger partial charge in [0, 0.05) is 5.92 Å². The van der Waals surface area contributed by atoms with Gasteiger partial charge in [-0.25, -0.2) is 4.98 Å². The van der Waals surface area contributed by atoms with E-state index in [0.717, 1.165) is 5.01 Å². The summed E-state index contributed by atoms with van der Waals surface area (Å²) in [6.07, 6.45) is 1.52. The van der Waals surface area contributed by atoms with Crippen molar-refractivity contribution in [2.75, 3.05) is 6.54 Å². The second-order valence-corrected chi connectivity index (χ2v) is 4.78. The first kappa shape index (κ1) is 11.8. The van der Waals surface area contributed by atoms with Gasteiger partial charge in [-0.15, -0.1) is 11.3 Å². The largest absolute Gasteiger partial charge is 0.344 e. The Hall–Kier alpha value is -1.23.